The van der Waals surface area contributed by atoms with Crippen LogP contribution in [0.25, 0.3) is 61.6 Å². The van der Waals surface area contributed by atoms with E-state index in [4.69, 9.17) is 15.2 Å². The number of aryl methyl sites for hydroxylation is 1. The lowest BCUT2D eigenvalue weighted by atomic mass is 9.99. The lowest BCUT2D eigenvalue weighted by Crippen LogP contribution is -2.39. The van der Waals surface area contributed by atoms with Gasteiger partial charge < -0.3 is 61.4 Å². The molecule has 3 aromatic carbocycles. The normalized spacial score (nSPS) is 13.2. The van der Waals surface area contributed by atoms with Gasteiger partial charge in [-0.15, -0.1) is 0 Å². The number of hydrogen-bond donors (Lipinski definition) is 9. The van der Waals surface area contributed by atoms with Crippen LogP contribution in [0.5, 0.6) is 0 Å². The predicted octanol–water partition coefficient (Wildman–Crippen LogP) is 14.9. The zero-order chi connectivity index (χ0) is 105. The number of rotatable bonds is 17. The molecule has 3 aliphatic rings. The molecule has 2 amide bonds. The van der Waals surface area contributed by atoms with E-state index in [1.165, 1.54) is 195 Å². The number of carbonyl (C=O) groups is 2. The number of halogens is 5. The van der Waals surface area contributed by atoms with E-state index in [1.807, 2.05) is 117 Å². The summed E-state index contributed by atoms with van der Waals surface area (Å²) in [5.41, 5.74) is 8.91. The fraction of sp³-hybridized carbons (Fsp3) is 0.394. The highest BCUT2D eigenvalue weighted by Crippen LogP contribution is 2.34. The number of fused-ring (bicyclic) bond motifs is 7. The third-order valence-corrected chi connectivity index (χ3v) is 24.3. The lowest BCUT2D eigenvalue weighted by molar-refractivity contribution is 0.0214. The smallest absolute Gasteiger partial charge is 0.410 e. The number of ether oxygens (including phenoxy) is 2. The van der Waals surface area contributed by atoms with Crippen LogP contribution in [0.4, 0.5) is 56.1 Å². The summed E-state index contributed by atoms with van der Waals surface area (Å²) in [4.78, 5) is 130. The molecule has 38 nitrogen and oxygen atoms in total. The number of pyridine rings is 4. The molecule has 0 atom stereocenters. The number of aromatic amines is 1. The van der Waals surface area contributed by atoms with Crippen molar-refractivity contribution in [2.45, 2.75) is 234 Å². The largest absolute Gasteiger partial charge is 0.444 e. The number of nitrogens with two attached hydrogens (primary N) is 1. The Morgan fingerprint density at radius 3 is 1.20 bits per heavy atom. The Labute approximate surface area is 842 Å². The molecule has 15 aromatic rings. The molecule has 3 aliphatic heterocycles. The average molecular weight is 2080 g/mol. The predicted molar refractivity (Wildman–Crippen MR) is 546 cm³/mol. The molecule has 0 aliphatic carbocycles. The molecule has 0 spiro atoms. The van der Waals surface area contributed by atoms with Gasteiger partial charge in [0.15, 0.2) is 50.4 Å². The Balaban J connectivity index is 0.000000152. The van der Waals surface area contributed by atoms with Crippen LogP contribution >= 0.6 is 39.5 Å². The van der Waals surface area contributed by atoms with E-state index in [-0.39, 0.29) is 80.2 Å². The summed E-state index contributed by atoms with van der Waals surface area (Å²) in [6.45, 7) is 36.0. The number of amides is 2. The van der Waals surface area contributed by atoms with Crippen molar-refractivity contribution in [2.75, 3.05) is 48.5 Å². The second-order valence-corrected chi connectivity index (χ2v) is 40.3. The number of carbonyl (C=O) groups excluding carboxylic acids is 2. The highest BCUT2D eigenvalue weighted by atomic mass is 79.9. The molecule has 12 aromatic heterocycles. The van der Waals surface area contributed by atoms with Crippen LogP contribution in [0.15, 0.2) is 162 Å². The van der Waals surface area contributed by atoms with E-state index < -0.39 is 56.9 Å². The Morgan fingerprint density at radius 1 is 0.438 bits per heavy atom. The number of nitrogens with zero attached hydrogens (tertiary/aromatic N) is 21. The molecular weight excluding hydrogens is 1970 g/mol. The molecular formula is C99H117BrF4N26O12S2. The summed E-state index contributed by atoms with van der Waals surface area (Å²) in [5, 5.41) is 55.8. The van der Waals surface area contributed by atoms with Crippen LogP contribution < -0.4 is 43.9 Å². The Hall–Kier alpha value is -13.7. The number of benzene rings is 3. The molecule has 45 heteroatoms. The van der Waals surface area contributed by atoms with Crippen molar-refractivity contribution in [1.29, 1.82) is 0 Å². The van der Waals surface area contributed by atoms with E-state index in [2.05, 4.69) is 109 Å². The fourth-order valence-electron chi connectivity index (χ4n) is 15.9. The standard InChI is InChI=1S/C29H34FN7O4.C24H26FN7O2.C16H18FN5O2S.C14H20N2O2.C8H9BrFNO.C8H10N4OS/c1-7-36-25(38)20-15-31-26(34-24(20)37(36)22-11-10-21(30)23(33-22)29(5,6)40)32-19-9-8-18-16-35(13-12-17(18)14-19)27(39)41-28(2,3)4;1-4-31-22(33)17-13-27-23(28-16-6-5-15-12-26-10-9-14(15)11-16)30-21(17)32(31)19-8-7-18(25)20(29-19)24(2,3)34;1-5-21-14(23)9-8-18-15(25-4)20-13(9)22(21)11-7-6-10(17)12(19-11)16(2,3)24;1-14(2,3)18-13(17)16-7-6-10-8-12(15)5-4-11(10)9-16;1-8(2,12)7-5(10)3-4-6(9)11-7;1-3-12-7(13)5-4-9-8(14-2)10-6(5)11-12/h8-11,14-15,40H,7,12-13,16H2,1-6H3,(H,31,32,34);5-8,11,13,26,34H,4,9-10,12H2,1-3H3,(H,27,28,30);6-8,24H,5H2,1-4H3;4-5,8H,6-7,9,15H2,1-3H3;3-4,12H,1-2H3;4H,3H2,1-2H3,(H,9,10,11). The molecule has 18 rings (SSSR count). The van der Waals surface area contributed by atoms with E-state index in [0.717, 1.165) is 59.7 Å². The molecule has 0 fully saturated rings. The van der Waals surface area contributed by atoms with E-state index in [1.54, 1.807) is 22.9 Å². The summed E-state index contributed by atoms with van der Waals surface area (Å²) >= 11 is 5.91. The lowest BCUT2D eigenvalue weighted by Gasteiger charge is -2.31. The van der Waals surface area contributed by atoms with Gasteiger partial charge in [-0.05, 0) is 297 Å². The van der Waals surface area contributed by atoms with E-state index >= 15 is 0 Å². The maximum atomic E-state index is 14.5. The SMILES string of the molecule is CC(C)(C)OC(=O)N1CCc2cc(N)ccc2C1.CC(C)(O)c1nc(Br)ccc1F.CCn1[nH]c2nc(SC)ncc2c1=O.CCn1c(=O)c2cnc(Nc3ccc4c(c3)CCN(C(=O)OC(C)(C)C)C4)nc2n1-c1ccc(F)c(C(C)(C)O)n1.CCn1c(=O)c2cnc(Nc3ccc4c(c3)CCNC4)nc2n1-c1ccc(F)c(C(C)(C)O)n1.CCn1c(=O)c2cnc(SC)nc2n1-c1ccc(F)c(C(C)(C)O)n1. The first-order chi connectivity index (χ1) is 67.8. The second kappa shape index (κ2) is 43.9. The van der Waals surface area contributed by atoms with Crippen molar-refractivity contribution >= 4 is 125 Å². The van der Waals surface area contributed by atoms with Gasteiger partial charge in [-0.3, -0.25) is 29.0 Å². The average Bonchev–Trinajstić information content (AvgIpc) is 1.60. The third-order valence-electron chi connectivity index (χ3n) is 22.7. The molecule has 10 N–H and O–H groups in total. The first-order valence-electron chi connectivity index (χ1n) is 46.4. The molecule has 0 saturated heterocycles. The summed E-state index contributed by atoms with van der Waals surface area (Å²) in [6, 6.07) is 28.6. The fourth-order valence-corrected chi connectivity index (χ4v) is 16.8. The van der Waals surface area contributed by atoms with Gasteiger partial charge >= 0.3 is 12.2 Å². The molecule has 15 heterocycles. The topological polar surface area (TPSA) is 475 Å². The van der Waals surface area contributed by atoms with Crippen LogP contribution in [-0.2, 0) is 97.0 Å². The number of nitrogens with one attached hydrogen (secondary N) is 4. The summed E-state index contributed by atoms with van der Waals surface area (Å²) in [5.74, 6) is -0.978. The number of aliphatic hydroxyl groups is 4. The van der Waals surface area contributed by atoms with Crippen LogP contribution in [0.3, 0.4) is 0 Å². The monoisotopic (exact) mass is 2080 g/mol. The van der Waals surface area contributed by atoms with Gasteiger partial charge in [0, 0.05) is 101 Å². The second-order valence-electron chi connectivity index (χ2n) is 37.9. The first kappa shape index (κ1) is 108. The molecule has 0 radical (unpaired) electrons. The van der Waals surface area contributed by atoms with Gasteiger partial charge in [0.25, 0.3) is 22.2 Å². The molecule has 144 heavy (non-hydrogen) atoms. The van der Waals surface area contributed by atoms with Crippen LogP contribution in [-0.4, -0.2) is 183 Å². The first-order valence-corrected chi connectivity index (χ1v) is 49.6. The Bertz CT molecular complexity index is 7570. The number of H-pyrrole nitrogens is 1. The number of aromatic nitrogens is 20. The molecule has 0 saturated carbocycles. The van der Waals surface area contributed by atoms with Crippen molar-refractivity contribution < 1.29 is 57.1 Å². The number of anilines is 5. The van der Waals surface area contributed by atoms with Gasteiger partial charge in [-0.1, -0.05) is 41.7 Å². The highest BCUT2D eigenvalue weighted by molar-refractivity contribution is 9.10. The van der Waals surface area contributed by atoms with Crippen molar-refractivity contribution in [3.8, 4) is 17.5 Å². The van der Waals surface area contributed by atoms with Gasteiger partial charge in [0.1, 0.15) is 106 Å². The van der Waals surface area contributed by atoms with Crippen LogP contribution in [0, 0.1) is 23.3 Å². The minimum atomic E-state index is -1.53. The maximum Gasteiger partial charge on any atom is 0.410 e. The van der Waals surface area contributed by atoms with Gasteiger partial charge in [-0.25, -0.2) is 105 Å². The van der Waals surface area contributed by atoms with Crippen molar-refractivity contribution in [2.24, 2.45) is 0 Å². The zero-order valence-corrected chi connectivity index (χ0v) is 86.8. The Kier molecular flexibility index (Phi) is 32.8. The van der Waals surface area contributed by atoms with Gasteiger partial charge in [-0.2, -0.15) is 9.97 Å². The third kappa shape index (κ3) is 25.0. The molecule has 0 unspecified atom stereocenters. The van der Waals surface area contributed by atoms with Crippen molar-refractivity contribution in [1.82, 2.24) is 113 Å². The van der Waals surface area contributed by atoms with E-state index in [0.29, 0.717) is 124 Å². The minimum absolute atomic E-state index is 0.0527. The summed E-state index contributed by atoms with van der Waals surface area (Å²) in [7, 11) is 0. The number of hydrogen-bond acceptors (Lipinski definition) is 30. The van der Waals surface area contributed by atoms with Crippen molar-refractivity contribution in [3.05, 3.63) is 253 Å². The number of nitrogen functional groups attached to an aromatic ring is 1. The minimum Gasteiger partial charge on any atom is -0.444 e. The molecule has 762 valence electrons. The molecule has 0 bridgehead atoms. The summed E-state index contributed by atoms with van der Waals surface area (Å²) in [6.07, 6.45) is 11.6. The van der Waals surface area contributed by atoms with E-state index in [9.17, 15) is 66.8 Å². The quantitative estimate of drug-likeness (QED) is 0.0134. The van der Waals surface area contributed by atoms with Crippen molar-refractivity contribution in [3.63, 3.8) is 0 Å². The van der Waals surface area contributed by atoms with Gasteiger partial charge in [0.2, 0.25) is 11.9 Å². The Morgan fingerprint density at radius 2 is 0.806 bits per heavy atom. The summed E-state index contributed by atoms with van der Waals surface area (Å²) < 4.78 is 77.8. The highest BCUT2D eigenvalue weighted by Gasteiger charge is 2.34. The maximum absolute atomic E-state index is 14.5. The van der Waals surface area contributed by atoms with Crippen LogP contribution in [0.2, 0.25) is 0 Å². The number of thioether (sulfide) groups is 2. The van der Waals surface area contributed by atoms with Crippen LogP contribution in [0.1, 0.15) is 181 Å². The van der Waals surface area contributed by atoms with Gasteiger partial charge in [0.05, 0.1) is 0 Å². The zero-order valence-electron chi connectivity index (χ0n) is 83.5.